The van der Waals surface area contributed by atoms with Gasteiger partial charge in [-0.1, -0.05) is 12.1 Å². The molecular formula is C19H20FNO4. The van der Waals surface area contributed by atoms with E-state index in [9.17, 15) is 14.3 Å². The predicted octanol–water partition coefficient (Wildman–Crippen LogP) is 2.55. The molecule has 3 rings (SSSR count). The summed E-state index contributed by atoms with van der Waals surface area (Å²) in [6, 6.07) is 12.7. The first-order valence-corrected chi connectivity index (χ1v) is 8.06. The topological polar surface area (TPSA) is 59.0 Å². The van der Waals surface area contributed by atoms with Crippen LogP contribution < -0.4 is 9.47 Å². The summed E-state index contributed by atoms with van der Waals surface area (Å²) >= 11 is 0. The summed E-state index contributed by atoms with van der Waals surface area (Å²) in [5.74, 6) is 0.536. The van der Waals surface area contributed by atoms with Crippen LogP contribution in [0.2, 0.25) is 0 Å². The van der Waals surface area contributed by atoms with E-state index in [0.29, 0.717) is 17.9 Å². The Labute approximate surface area is 145 Å². The number of likely N-dealkylation sites (tertiary alicyclic amines) is 1. The fraction of sp³-hybridized carbons (Fsp3) is 0.316. The Kier molecular flexibility index (Phi) is 5.19. The van der Waals surface area contributed by atoms with Gasteiger partial charge in [-0.2, -0.15) is 0 Å². The number of carbonyl (C=O) groups excluding carboxylic acids is 1. The number of hydrogen-bond acceptors (Lipinski definition) is 4. The van der Waals surface area contributed by atoms with Crippen LogP contribution in [0.1, 0.15) is 18.0 Å². The van der Waals surface area contributed by atoms with Crippen LogP contribution in [0.25, 0.3) is 0 Å². The van der Waals surface area contributed by atoms with Crippen LogP contribution in [0.3, 0.4) is 0 Å². The molecule has 1 N–H and O–H groups in total. The van der Waals surface area contributed by atoms with Crippen molar-refractivity contribution >= 4 is 5.91 Å². The van der Waals surface area contributed by atoms with Crippen molar-refractivity contribution in [2.75, 3.05) is 20.3 Å². The maximum Gasteiger partial charge on any atom is 0.261 e. The molecule has 1 aliphatic rings. The lowest BCUT2D eigenvalue weighted by molar-refractivity contribution is -0.134. The Morgan fingerprint density at radius 2 is 2.00 bits per heavy atom. The number of hydrogen-bond donors (Lipinski definition) is 1. The van der Waals surface area contributed by atoms with Crippen molar-refractivity contribution in [1.29, 1.82) is 0 Å². The standard InChI is InChI=1S/C19H20FNO4/c1-24-17-4-2-3-13(9-17)18-10-15(22)11-21(18)19(23)12-25-16-7-5-14(20)6-8-16/h2-9,15,18,22H,10-12H2,1H3. The molecular weight excluding hydrogens is 325 g/mol. The van der Waals surface area contributed by atoms with Gasteiger partial charge in [-0.3, -0.25) is 4.79 Å². The van der Waals surface area contributed by atoms with Gasteiger partial charge >= 0.3 is 0 Å². The molecule has 2 aromatic carbocycles. The van der Waals surface area contributed by atoms with Gasteiger partial charge in [-0.15, -0.1) is 0 Å². The smallest absolute Gasteiger partial charge is 0.261 e. The van der Waals surface area contributed by atoms with Gasteiger partial charge in [0.2, 0.25) is 0 Å². The number of aliphatic hydroxyl groups is 1. The predicted molar refractivity (Wildman–Crippen MR) is 90.0 cm³/mol. The van der Waals surface area contributed by atoms with Crippen LogP contribution in [0.5, 0.6) is 11.5 Å². The lowest BCUT2D eigenvalue weighted by Gasteiger charge is -2.25. The molecule has 0 bridgehead atoms. The highest BCUT2D eigenvalue weighted by molar-refractivity contribution is 5.78. The summed E-state index contributed by atoms with van der Waals surface area (Å²) in [6.45, 7) is 0.0896. The summed E-state index contributed by atoms with van der Waals surface area (Å²) in [5, 5.41) is 10.0. The van der Waals surface area contributed by atoms with Crippen molar-refractivity contribution in [3.63, 3.8) is 0 Å². The van der Waals surface area contributed by atoms with Crippen molar-refractivity contribution in [2.24, 2.45) is 0 Å². The van der Waals surface area contributed by atoms with E-state index in [2.05, 4.69) is 0 Å². The summed E-state index contributed by atoms with van der Waals surface area (Å²) in [4.78, 5) is 14.2. The summed E-state index contributed by atoms with van der Waals surface area (Å²) in [6.07, 6.45) is -0.110. The van der Waals surface area contributed by atoms with Crippen LogP contribution in [-0.4, -0.2) is 42.3 Å². The van der Waals surface area contributed by atoms with E-state index in [4.69, 9.17) is 9.47 Å². The van der Waals surface area contributed by atoms with E-state index in [1.807, 2.05) is 24.3 Å². The van der Waals surface area contributed by atoms with E-state index in [1.165, 1.54) is 24.3 Å². The van der Waals surface area contributed by atoms with E-state index in [-0.39, 0.29) is 30.9 Å². The fourth-order valence-corrected chi connectivity index (χ4v) is 3.01. The van der Waals surface area contributed by atoms with Gasteiger partial charge in [0.1, 0.15) is 17.3 Å². The molecule has 0 saturated carbocycles. The van der Waals surface area contributed by atoms with Crippen molar-refractivity contribution in [3.8, 4) is 11.5 Å². The van der Waals surface area contributed by atoms with Gasteiger partial charge in [-0.25, -0.2) is 4.39 Å². The monoisotopic (exact) mass is 345 g/mol. The molecule has 2 aromatic rings. The zero-order chi connectivity index (χ0) is 17.8. The Morgan fingerprint density at radius 3 is 2.72 bits per heavy atom. The Morgan fingerprint density at radius 1 is 1.24 bits per heavy atom. The average molecular weight is 345 g/mol. The molecule has 1 saturated heterocycles. The largest absolute Gasteiger partial charge is 0.497 e. The molecule has 2 atom stereocenters. The highest BCUT2D eigenvalue weighted by Crippen LogP contribution is 2.33. The first kappa shape index (κ1) is 17.2. The van der Waals surface area contributed by atoms with Crippen LogP contribution in [-0.2, 0) is 4.79 Å². The number of rotatable bonds is 5. The van der Waals surface area contributed by atoms with Crippen molar-refractivity contribution < 1.29 is 23.8 Å². The number of nitrogens with zero attached hydrogens (tertiary/aromatic N) is 1. The van der Waals surface area contributed by atoms with E-state index in [1.54, 1.807) is 12.0 Å². The lowest BCUT2D eigenvalue weighted by Crippen LogP contribution is -2.35. The minimum absolute atomic E-state index is 0.168. The highest BCUT2D eigenvalue weighted by Gasteiger charge is 2.35. The number of aliphatic hydroxyl groups excluding tert-OH is 1. The van der Waals surface area contributed by atoms with E-state index >= 15 is 0 Å². The van der Waals surface area contributed by atoms with Gasteiger partial charge in [0.25, 0.3) is 5.91 Å². The number of ether oxygens (including phenoxy) is 2. The van der Waals surface area contributed by atoms with Crippen LogP contribution in [0, 0.1) is 5.82 Å². The number of methoxy groups -OCH3 is 1. The molecule has 5 nitrogen and oxygen atoms in total. The SMILES string of the molecule is COc1cccc(C2CC(O)CN2C(=O)COc2ccc(F)cc2)c1. The second kappa shape index (κ2) is 7.53. The van der Waals surface area contributed by atoms with E-state index < -0.39 is 6.10 Å². The quantitative estimate of drug-likeness (QED) is 0.905. The normalized spacial score (nSPS) is 19.7. The molecule has 0 aliphatic carbocycles. The molecule has 0 aromatic heterocycles. The zero-order valence-corrected chi connectivity index (χ0v) is 13.9. The molecule has 2 unspecified atom stereocenters. The number of amides is 1. The average Bonchev–Trinajstić information content (AvgIpc) is 3.03. The van der Waals surface area contributed by atoms with Gasteiger partial charge in [0.05, 0.1) is 19.3 Å². The third-order valence-electron chi connectivity index (χ3n) is 4.25. The van der Waals surface area contributed by atoms with Gasteiger partial charge < -0.3 is 19.5 Å². The lowest BCUT2D eigenvalue weighted by atomic mass is 10.0. The maximum atomic E-state index is 12.9. The molecule has 1 fully saturated rings. The number of β-amino-alcohol motifs (C(OH)–C–C–N with tert-alkyl or cyclic N) is 1. The van der Waals surface area contributed by atoms with E-state index in [0.717, 1.165) is 5.56 Å². The first-order valence-electron chi connectivity index (χ1n) is 8.06. The summed E-state index contributed by atoms with van der Waals surface area (Å²) < 4.78 is 23.6. The highest BCUT2D eigenvalue weighted by atomic mass is 19.1. The first-order chi connectivity index (χ1) is 12.1. The molecule has 132 valence electrons. The van der Waals surface area contributed by atoms with Gasteiger partial charge in [0, 0.05) is 6.54 Å². The third kappa shape index (κ3) is 4.09. The molecule has 1 heterocycles. The van der Waals surface area contributed by atoms with Crippen LogP contribution in [0.4, 0.5) is 4.39 Å². The molecule has 6 heteroatoms. The minimum Gasteiger partial charge on any atom is -0.497 e. The van der Waals surface area contributed by atoms with Gasteiger partial charge in [-0.05, 0) is 48.4 Å². The zero-order valence-electron chi connectivity index (χ0n) is 13.9. The molecule has 1 aliphatic heterocycles. The van der Waals surface area contributed by atoms with Crippen LogP contribution >= 0.6 is 0 Å². The third-order valence-corrected chi connectivity index (χ3v) is 4.25. The van der Waals surface area contributed by atoms with Crippen molar-refractivity contribution in [3.05, 3.63) is 59.9 Å². The fourth-order valence-electron chi connectivity index (χ4n) is 3.01. The molecule has 1 amide bonds. The van der Waals surface area contributed by atoms with Crippen molar-refractivity contribution in [2.45, 2.75) is 18.6 Å². The summed E-state index contributed by atoms with van der Waals surface area (Å²) in [5.41, 5.74) is 0.908. The second-order valence-electron chi connectivity index (χ2n) is 5.97. The number of halogens is 1. The molecule has 0 spiro atoms. The Bertz CT molecular complexity index is 734. The molecule has 0 radical (unpaired) electrons. The Balaban J connectivity index is 1.69. The number of benzene rings is 2. The Hall–Kier alpha value is -2.60. The minimum atomic E-state index is -0.578. The van der Waals surface area contributed by atoms with Crippen molar-refractivity contribution in [1.82, 2.24) is 4.90 Å². The van der Waals surface area contributed by atoms with Gasteiger partial charge in [0.15, 0.2) is 6.61 Å². The number of carbonyl (C=O) groups is 1. The second-order valence-corrected chi connectivity index (χ2v) is 5.97. The van der Waals surface area contributed by atoms with Crippen LogP contribution in [0.15, 0.2) is 48.5 Å². The maximum absolute atomic E-state index is 12.9. The summed E-state index contributed by atoms with van der Waals surface area (Å²) in [7, 11) is 1.59. The molecule has 25 heavy (non-hydrogen) atoms.